The molecule has 0 amide bonds. The van der Waals surface area contributed by atoms with Gasteiger partial charge in [0.25, 0.3) is 0 Å². The van der Waals surface area contributed by atoms with Gasteiger partial charge < -0.3 is 10.6 Å². The lowest BCUT2D eigenvalue weighted by Gasteiger charge is -2.39. The number of halogens is 2. The molecule has 2 rings (SSSR count). The van der Waals surface area contributed by atoms with Crippen molar-refractivity contribution in [2.45, 2.75) is 19.4 Å². The Morgan fingerprint density at radius 2 is 2.00 bits per heavy atom. The summed E-state index contributed by atoms with van der Waals surface area (Å²) >= 11 is 3.52. The van der Waals surface area contributed by atoms with E-state index in [1.165, 1.54) is 12.5 Å². The summed E-state index contributed by atoms with van der Waals surface area (Å²) in [4.78, 5) is 4.84. The van der Waals surface area contributed by atoms with Crippen LogP contribution in [0.15, 0.2) is 22.7 Å². The second kappa shape index (κ2) is 7.50. The van der Waals surface area contributed by atoms with Gasteiger partial charge in [-0.15, -0.1) is 0 Å². The number of hydrogen-bond acceptors (Lipinski definition) is 3. The Balaban J connectivity index is 2.07. The molecule has 1 unspecified atom stereocenters. The van der Waals surface area contributed by atoms with E-state index in [4.69, 9.17) is 5.73 Å². The third-order valence-electron chi connectivity index (χ3n) is 3.93. The van der Waals surface area contributed by atoms with Crippen LogP contribution >= 0.6 is 15.9 Å². The maximum absolute atomic E-state index is 13.5. The van der Waals surface area contributed by atoms with E-state index >= 15 is 0 Å². The van der Waals surface area contributed by atoms with Crippen LogP contribution in [-0.2, 0) is 0 Å². The van der Waals surface area contributed by atoms with E-state index < -0.39 is 0 Å². The van der Waals surface area contributed by atoms with Crippen LogP contribution in [0, 0.1) is 5.82 Å². The second-order valence-electron chi connectivity index (χ2n) is 5.29. The molecule has 0 aromatic heterocycles. The minimum atomic E-state index is -0.203. The van der Waals surface area contributed by atoms with Gasteiger partial charge in [-0.25, -0.2) is 4.39 Å². The summed E-state index contributed by atoms with van der Waals surface area (Å²) in [6.07, 6.45) is 1.19. The Hall–Kier alpha value is -0.490. The van der Waals surface area contributed by atoms with Gasteiger partial charge in [0.05, 0.1) is 0 Å². The highest BCUT2D eigenvalue weighted by molar-refractivity contribution is 9.10. The van der Waals surface area contributed by atoms with Crippen LogP contribution in [0.3, 0.4) is 0 Å². The molecule has 1 heterocycles. The molecule has 1 saturated heterocycles. The van der Waals surface area contributed by atoms with Crippen molar-refractivity contribution in [1.82, 2.24) is 9.80 Å². The molecule has 0 radical (unpaired) electrons. The monoisotopic (exact) mass is 343 g/mol. The van der Waals surface area contributed by atoms with Gasteiger partial charge in [-0.3, -0.25) is 4.90 Å². The summed E-state index contributed by atoms with van der Waals surface area (Å²) in [5.41, 5.74) is 6.90. The van der Waals surface area contributed by atoms with Crippen LogP contribution in [0.5, 0.6) is 0 Å². The zero-order chi connectivity index (χ0) is 14.5. The van der Waals surface area contributed by atoms with E-state index in [2.05, 4.69) is 32.7 Å². The molecule has 1 fully saturated rings. The molecular weight excluding hydrogens is 321 g/mol. The lowest BCUT2D eigenvalue weighted by Crippen LogP contribution is -2.49. The van der Waals surface area contributed by atoms with Gasteiger partial charge >= 0.3 is 0 Å². The van der Waals surface area contributed by atoms with Crippen molar-refractivity contribution in [2.24, 2.45) is 5.73 Å². The van der Waals surface area contributed by atoms with Gasteiger partial charge in [0, 0.05) is 43.2 Å². The number of hydrogen-bond donors (Lipinski definition) is 1. The zero-order valence-electron chi connectivity index (χ0n) is 12.0. The molecule has 0 saturated carbocycles. The summed E-state index contributed by atoms with van der Waals surface area (Å²) in [6.45, 7) is 7.99. The molecule has 1 atom stereocenters. The molecule has 5 heteroatoms. The molecule has 1 aliphatic rings. The van der Waals surface area contributed by atoms with E-state index in [0.717, 1.165) is 42.8 Å². The maximum Gasteiger partial charge on any atom is 0.123 e. The maximum atomic E-state index is 13.5. The molecule has 3 nitrogen and oxygen atoms in total. The minimum Gasteiger partial charge on any atom is -0.329 e. The van der Waals surface area contributed by atoms with E-state index in [0.29, 0.717) is 6.54 Å². The summed E-state index contributed by atoms with van der Waals surface area (Å²) in [5.74, 6) is -0.203. The van der Waals surface area contributed by atoms with Crippen molar-refractivity contribution in [3.63, 3.8) is 0 Å². The van der Waals surface area contributed by atoms with Crippen molar-refractivity contribution < 1.29 is 4.39 Å². The van der Waals surface area contributed by atoms with E-state index in [9.17, 15) is 4.39 Å². The zero-order valence-corrected chi connectivity index (χ0v) is 13.6. The molecule has 20 heavy (non-hydrogen) atoms. The van der Waals surface area contributed by atoms with Crippen molar-refractivity contribution in [2.75, 3.05) is 39.3 Å². The van der Waals surface area contributed by atoms with Gasteiger partial charge in [-0.1, -0.05) is 22.9 Å². The first kappa shape index (κ1) is 15.9. The average Bonchev–Trinajstić information content (AvgIpc) is 2.45. The standard InChI is InChI=1S/C15H23BrFN3/c1-2-5-19-6-8-20(9-7-19)15(11-18)13-10-12(17)3-4-14(13)16/h3-4,10,15H,2,5-9,11,18H2,1H3. The lowest BCUT2D eigenvalue weighted by molar-refractivity contribution is 0.0982. The minimum absolute atomic E-state index is 0.0869. The largest absolute Gasteiger partial charge is 0.329 e. The molecule has 0 spiro atoms. The van der Waals surface area contributed by atoms with Crippen molar-refractivity contribution >= 4 is 15.9 Å². The Morgan fingerprint density at radius 3 is 2.60 bits per heavy atom. The molecule has 1 aliphatic heterocycles. The highest BCUT2D eigenvalue weighted by Gasteiger charge is 2.25. The molecule has 1 aromatic rings. The normalized spacial score (nSPS) is 19.2. The summed E-state index contributed by atoms with van der Waals surface area (Å²) in [5, 5.41) is 0. The molecule has 2 N–H and O–H groups in total. The summed E-state index contributed by atoms with van der Waals surface area (Å²) in [6, 6.07) is 4.92. The predicted octanol–water partition coefficient (Wildman–Crippen LogP) is 2.62. The molecule has 0 bridgehead atoms. The van der Waals surface area contributed by atoms with Crippen LogP contribution < -0.4 is 5.73 Å². The van der Waals surface area contributed by atoms with Crippen LogP contribution in [0.2, 0.25) is 0 Å². The number of rotatable bonds is 5. The number of benzene rings is 1. The fraction of sp³-hybridized carbons (Fsp3) is 0.600. The van der Waals surface area contributed by atoms with Crippen molar-refractivity contribution in [3.8, 4) is 0 Å². The Labute approximate surface area is 129 Å². The van der Waals surface area contributed by atoms with Crippen molar-refractivity contribution in [1.29, 1.82) is 0 Å². The van der Waals surface area contributed by atoms with E-state index in [-0.39, 0.29) is 11.9 Å². The van der Waals surface area contributed by atoms with Crippen LogP contribution in [0.1, 0.15) is 24.9 Å². The number of piperazine rings is 1. The molecule has 112 valence electrons. The summed E-state index contributed by atoms with van der Waals surface area (Å²) in [7, 11) is 0. The van der Waals surface area contributed by atoms with E-state index in [1.54, 1.807) is 12.1 Å². The SMILES string of the molecule is CCCN1CCN(C(CN)c2cc(F)ccc2Br)CC1. The Morgan fingerprint density at radius 1 is 1.30 bits per heavy atom. The topological polar surface area (TPSA) is 32.5 Å². The number of nitrogens with zero attached hydrogens (tertiary/aromatic N) is 2. The van der Waals surface area contributed by atoms with Crippen molar-refractivity contribution in [3.05, 3.63) is 34.1 Å². The Kier molecular flexibility index (Phi) is 5.96. The van der Waals surface area contributed by atoms with Gasteiger partial charge in [0.15, 0.2) is 0 Å². The number of nitrogens with two attached hydrogens (primary N) is 1. The fourth-order valence-corrected chi connectivity index (χ4v) is 3.37. The van der Waals surface area contributed by atoms with Gasteiger partial charge in [-0.05, 0) is 36.7 Å². The highest BCUT2D eigenvalue weighted by Crippen LogP contribution is 2.28. The quantitative estimate of drug-likeness (QED) is 0.891. The first-order valence-corrected chi connectivity index (χ1v) is 8.06. The lowest BCUT2D eigenvalue weighted by atomic mass is 10.0. The predicted molar refractivity (Wildman–Crippen MR) is 84.2 cm³/mol. The van der Waals surface area contributed by atoms with Gasteiger partial charge in [-0.2, -0.15) is 0 Å². The third kappa shape index (κ3) is 3.79. The van der Waals surface area contributed by atoms with Gasteiger partial charge in [0.2, 0.25) is 0 Å². The highest BCUT2D eigenvalue weighted by atomic mass is 79.9. The van der Waals surface area contributed by atoms with Crippen LogP contribution in [0.25, 0.3) is 0 Å². The summed E-state index contributed by atoms with van der Waals surface area (Å²) < 4.78 is 14.4. The van der Waals surface area contributed by atoms with Crippen LogP contribution in [-0.4, -0.2) is 49.1 Å². The molecular formula is C15H23BrFN3. The molecule has 1 aromatic carbocycles. The Bertz CT molecular complexity index is 433. The smallest absolute Gasteiger partial charge is 0.123 e. The molecule has 0 aliphatic carbocycles. The first-order chi connectivity index (χ1) is 9.65. The average molecular weight is 344 g/mol. The van der Waals surface area contributed by atoms with E-state index in [1.807, 2.05) is 0 Å². The van der Waals surface area contributed by atoms with Crippen LogP contribution in [0.4, 0.5) is 4.39 Å². The first-order valence-electron chi connectivity index (χ1n) is 7.27. The fourth-order valence-electron chi connectivity index (χ4n) is 2.86. The van der Waals surface area contributed by atoms with Gasteiger partial charge in [0.1, 0.15) is 5.82 Å². The second-order valence-corrected chi connectivity index (χ2v) is 6.15. The third-order valence-corrected chi connectivity index (χ3v) is 4.65.